The van der Waals surface area contributed by atoms with Crippen LogP contribution >= 0.6 is 11.3 Å². The molecule has 2 aromatic heterocycles. The number of rotatable bonds is 5. The zero-order valence-corrected chi connectivity index (χ0v) is 14.6. The number of aromatic amines is 1. The number of thiazole rings is 1. The van der Waals surface area contributed by atoms with Crippen LogP contribution in [0.25, 0.3) is 10.2 Å². The van der Waals surface area contributed by atoms with E-state index in [4.69, 9.17) is 9.72 Å². The van der Waals surface area contributed by atoms with E-state index in [2.05, 4.69) is 45.2 Å². The van der Waals surface area contributed by atoms with Crippen molar-refractivity contribution in [3.05, 3.63) is 40.9 Å². The Bertz CT molecular complexity index is 781. The molecule has 0 saturated carbocycles. The summed E-state index contributed by atoms with van der Waals surface area (Å²) in [5.41, 5.74) is 1.08. The smallest absolute Gasteiger partial charge is 0.180 e. The lowest BCUT2D eigenvalue weighted by Gasteiger charge is -2.30. The number of nitrogens with zero attached hydrogens (tertiary/aromatic N) is 4. The second-order valence-electron chi connectivity index (χ2n) is 6.06. The zero-order valence-electron chi connectivity index (χ0n) is 13.7. The highest BCUT2D eigenvalue weighted by molar-refractivity contribution is 7.18. The van der Waals surface area contributed by atoms with E-state index >= 15 is 0 Å². The third kappa shape index (κ3) is 3.33. The normalized spacial score (nSPS) is 19.1. The molecule has 6 nitrogen and oxygen atoms in total. The highest BCUT2D eigenvalue weighted by Gasteiger charge is 2.26. The molecular formula is C17H21N5OS. The molecule has 7 heteroatoms. The summed E-state index contributed by atoms with van der Waals surface area (Å²) < 4.78 is 7.12. The summed E-state index contributed by atoms with van der Waals surface area (Å²) in [5.74, 6) is 1.71. The van der Waals surface area contributed by atoms with Gasteiger partial charge in [-0.05, 0) is 18.6 Å². The number of nitrogens with one attached hydrogen (secondary N) is 1. The lowest BCUT2D eigenvalue weighted by atomic mass is 10.2. The molecule has 0 radical (unpaired) electrons. The van der Waals surface area contributed by atoms with Crippen LogP contribution in [0.4, 0.5) is 0 Å². The third-order valence-corrected chi connectivity index (χ3v) is 5.19. The molecule has 24 heavy (non-hydrogen) atoms. The van der Waals surface area contributed by atoms with E-state index in [1.165, 1.54) is 4.70 Å². The summed E-state index contributed by atoms with van der Waals surface area (Å²) in [6.45, 7) is 5.41. The molecule has 1 aliphatic heterocycles. The standard InChI is InChI=1S/C17H21N5OS/c1-2-5-15-19-17(21-20-15)13-10-22(8-9-23-13)11-16-18-12-6-3-4-7-14(12)24-16/h3-4,6-7,13H,2,5,8-11H2,1H3,(H,19,20,21)/t13-/m1/s1. The van der Waals surface area contributed by atoms with E-state index in [0.29, 0.717) is 6.61 Å². The van der Waals surface area contributed by atoms with Gasteiger partial charge in [0.15, 0.2) is 5.82 Å². The van der Waals surface area contributed by atoms with Crippen LogP contribution < -0.4 is 0 Å². The molecule has 3 aromatic rings. The SMILES string of the molecule is CCCc1nc([C@H]2CN(Cc3nc4ccccc4s3)CCO2)n[nH]1. The maximum Gasteiger partial charge on any atom is 0.180 e. The second kappa shape index (κ2) is 6.96. The molecule has 1 aliphatic rings. The maximum absolute atomic E-state index is 5.88. The molecule has 1 atom stereocenters. The molecule has 1 N–H and O–H groups in total. The minimum Gasteiger partial charge on any atom is -0.367 e. The van der Waals surface area contributed by atoms with Gasteiger partial charge in [0.05, 0.1) is 23.4 Å². The number of para-hydroxylation sites is 1. The van der Waals surface area contributed by atoms with Gasteiger partial charge in [0.1, 0.15) is 16.9 Å². The van der Waals surface area contributed by atoms with Crippen molar-refractivity contribution >= 4 is 21.6 Å². The molecule has 1 fully saturated rings. The van der Waals surface area contributed by atoms with Gasteiger partial charge < -0.3 is 4.74 Å². The number of aromatic nitrogens is 4. The lowest BCUT2D eigenvalue weighted by Crippen LogP contribution is -2.38. The Hall–Kier alpha value is -1.83. The van der Waals surface area contributed by atoms with Crippen molar-refractivity contribution in [1.82, 2.24) is 25.1 Å². The van der Waals surface area contributed by atoms with Crippen molar-refractivity contribution in [2.45, 2.75) is 32.4 Å². The Morgan fingerprint density at radius 2 is 2.25 bits per heavy atom. The number of benzene rings is 1. The van der Waals surface area contributed by atoms with Crippen molar-refractivity contribution in [3.63, 3.8) is 0 Å². The molecule has 0 aliphatic carbocycles. The molecule has 0 amide bonds. The Morgan fingerprint density at radius 3 is 3.12 bits per heavy atom. The number of morpholine rings is 1. The third-order valence-electron chi connectivity index (χ3n) is 4.17. The van der Waals surface area contributed by atoms with E-state index in [1.54, 1.807) is 11.3 Å². The largest absolute Gasteiger partial charge is 0.367 e. The molecule has 0 bridgehead atoms. The Labute approximate surface area is 144 Å². The predicted octanol–water partition coefficient (Wildman–Crippen LogP) is 2.94. The Balaban J connectivity index is 1.44. The van der Waals surface area contributed by atoms with E-state index in [1.807, 2.05) is 6.07 Å². The highest BCUT2D eigenvalue weighted by atomic mass is 32.1. The first-order valence-electron chi connectivity index (χ1n) is 8.41. The monoisotopic (exact) mass is 343 g/mol. The van der Waals surface area contributed by atoms with Crippen molar-refractivity contribution in [2.75, 3.05) is 19.7 Å². The maximum atomic E-state index is 5.88. The zero-order chi connectivity index (χ0) is 16.4. The van der Waals surface area contributed by atoms with Crippen LogP contribution in [0.2, 0.25) is 0 Å². The Kier molecular flexibility index (Phi) is 4.55. The van der Waals surface area contributed by atoms with Crippen LogP contribution in [0, 0.1) is 0 Å². The average Bonchev–Trinajstić information content (AvgIpc) is 3.21. The first-order valence-corrected chi connectivity index (χ1v) is 9.23. The summed E-state index contributed by atoms with van der Waals surface area (Å²) in [6.07, 6.45) is 1.92. The van der Waals surface area contributed by atoms with E-state index in [-0.39, 0.29) is 6.10 Å². The van der Waals surface area contributed by atoms with Gasteiger partial charge in [-0.25, -0.2) is 9.97 Å². The summed E-state index contributed by atoms with van der Waals surface area (Å²) in [7, 11) is 0. The molecule has 1 saturated heterocycles. The molecule has 4 rings (SSSR count). The number of aryl methyl sites for hydroxylation is 1. The minimum absolute atomic E-state index is 0.0602. The van der Waals surface area contributed by atoms with E-state index < -0.39 is 0 Å². The summed E-state index contributed by atoms with van der Waals surface area (Å²) in [5, 5.41) is 8.50. The molecule has 3 heterocycles. The van der Waals surface area contributed by atoms with Crippen LogP contribution in [-0.2, 0) is 17.7 Å². The van der Waals surface area contributed by atoms with E-state index in [0.717, 1.165) is 54.6 Å². The van der Waals surface area contributed by atoms with Gasteiger partial charge in [-0.2, -0.15) is 5.10 Å². The fourth-order valence-corrected chi connectivity index (χ4v) is 3.99. The molecule has 126 valence electrons. The predicted molar refractivity (Wildman–Crippen MR) is 94.0 cm³/mol. The van der Waals surface area contributed by atoms with Crippen LogP contribution in [0.1, 0.15) is 36.1 Å². The molecule has 0 spiro atoms. The number of hydrogen-bond donors (Lipinski definition) is 1. The number of hydrogen-bond acceptors (Lipinski definition) is 6. The van der Waals surface area contributed by atoms with Gasteiger partial charge in [-0.3, -0.25) is 10.00 Å². The number of H-pyrrole nitrogens is 1. The van der Waals surface area contributed by atoms with Crippen molar-refractivity contribution in [3.8, 4) is 0 Å². The van der Waals surface area contributed by atoms with Crippen LogP contribution in [0.3, 0.4) is 0 Å². The fraction of sp³-hybridized carbons (Fsp3) is 0.471. The average molecular weight is 343 g/mol. The van der Waals surface area contributed by atoms with Crippen LogP contribution in [0.15, 0.2) is 24.3 Å². The molecule has 0 unspecified atom stereocenters. The lowest BCUT2D eigenvalue weighted by molar-refractivity contribution is -0.0370. The van der Waals surface area contributed by atoms with Gasteiger partial charge in [-0.15, -0.1) is 11.3 Å². The van der Waals surface area contributed by atoms with Gasteiger partial charge in [0.2, 0.25) is 0 Å². The van der Waals surface area contributed by atoms with Gasteiger partial charge in [0, 0.05) is 19.5 Å². The fourth-order valence-electron chi connectivity index (χ4n) is 2.98. The van der Waals surface area contributed by atoms with Crippen molar-refractivity contribution < 1.29 is 4.74 Å². The molecule has 1 aromatic carbocycles. The highest BCUT2D eigenvalue weighted by Crippen LogP contribution is 2.25. The number of ether oxygens (including phenoxy) is 1. The summed E-state index contributed by atoms with van der Waals surface area (Å²) >= 11 is 1.77. The van der Waals surface area contributed by atoms with Crippen LogP contribution in [0.5, 0.6) is 0 Å². The molecular weight excluding hydrogens is 322 g/mol. The van der Waals surface area contributed by atoms with Crippen LogP contribution in [-0.4, -0.2) is 44.8 Å². The van der Waals surface area contributed by atoms with E-state index in [9.17, 15) is 0 Å². The van der Waals surface area contributed by atoms with Gasteiger partial charge >= 0.3 is 0 Å². The summed E-state index contributed by atoms with van der Waals surface area (Å²) in [6, 6.07) is 8.29. The van der Waals surface area contributed by atoms with Gasteiger partial charge in [0.25, 0.3) is 0 Å². The first kappa shape index (κ1) is 15.7. The first-order chi connectivity index (χ1) is 11.8. The topological polar surface area (TPSA) is 66.9 Å². The summed E-state index contributed by atoms with van der Waals surface area (Å²) in [4.78, 5) is 11.7. The van der Waals surface area contributed by atoms with Crippen molar-refractivity contribution in [1.29, 1.82) is 0 Å². The number of fused-ring (bicyclic) bond motifs is 1. The quantitative estimate of drug-likeness (QED) is 0.771. The Morgan fingerprint density at radius 1 is 1.33 bits per heavy atom. The minimum atomic E-state index is -0.0602. The van der Waals surface area contributed by atoms with Crippen molar-refractivity contribution in [2.24, 2.45) is 0 Å². The second-order valence-corrected chi connectivity index (χ2v) is 7.18. The van der Waals surface area contributed by atoms with Gasteiger partial charge in [-0.1, -0.05) is 19.1 Å².